The number of hydrogen-bond acceptors (Lipinski definition) is 4. The smallest absolute Gasteiger partial charge is 0.246 e. The molecule has 8 nitrogen and oxygen atoms in total. The molecule has 4 amide bonds. The highest BCUT2D eigenvalue weighted by atomic mass is 35.5. The number of nitrogens with zero attached hydrogens (tertiary/aromatic N) is 3. The summed E-state index contributed by atoms with van der Waals surface area (Å²) in [5, 5.41) is 1.84. The van der Waals surface area contributed by atoms with Crippen LogP contribution in [-0.4, -0.2) is 77.1 Å². The molecule has 12 heteroatoms. The highest BCUT2D eigenvalue weighted by Gasteiger charge is 2.42. The van der Waals surface area contributed by atoms with Gasteiger partial charge in [-0.3, -0.25) is 19.2 Å². The highest BCUT2D eigenvalue weighted by molar-refractivity contribution is 6.35. The predicted octanol–water partition coefficient (Wildman–Crippen LogP) is 6.66. The van der Waals surface area contributed by atoms with E-state index in [0.717, 1.165) is 22.3 Å². The first kappa shape index (κ1) is 37.2. The molecular formula is C38H36Cl4N4O4. The number of primary amides is 1. The van der Waals surface area contributed by atoms with Crippen LogP contribution in [-0.2, 0) is 32.0 Å². The van der Waals surface area contributed by atoms with E-state index >= 15 is 0 Å². The molecule has 0 radical (unpaired) electrons. The molecule has 0 unspecified atom stereocenters. The summed E-state index contributed by atoms with van der Waals surface area (Å²) in [6, 6.07) is 28.5. The van der Waals surface area contributed by atoms with Gasteiger partial charge in [-0.1, -0.05) is 119 Å². The Labute approximate surface area is 311 Å². The summed E-state index contributed by atoms with van der Waals surface area (Å²) in [4.78, 5) is 58.8. The van der Waals surface area contributed by atoms with Crippen molar-refractivity contribution in [2.75, 3.05) is 32.7 Å². The second-order valence-electron chi connectivity index (χ2n) is 12.2. The lowest BCUT2D eigenvalue weighted by molar-refractivity contribution is -0.158. The number of amides is 4. The molecule has 4 aromatic rings. The number of halogens is 4. The molecule has 1 atom stereocenters. The van der Waals surface area contributed by atoms with Crippen molar-refractivity contribution in [2.24, 2.45) is 5.73 Å². The van der Waals surface area contributed by atoms with Gasteiger partial charge in [-0.25, -0.2) is 0 Å². The van der Waals surface area contributed by atoms with Crippen molar-refractivity contribution in [1.29, 1.82) is 0 Å². The average Bonchev–Trinajstić information content (AvgIpc) is 3.09. The minimum absolute atomic E-state index is 0.105. The van der Waals surface area contributed by atoms with Crippen LogP contribution in [0.5, 0.6) is 0 Å². The van der Waals surface area contributed by atoms with Gasteiger partial charge in [0.2, 0.25) is 23.6 Å². The van der Waals surface area contributed by atoms with E-state index in [4.69, 9.17) is 52.1 Å². The number of hydrogen-bond donors (Lipinski definition) is 1. The fourth-order valence-electron chi connectivity index (χ4n) is 6.17. The minimum atomic E-state index is -1.13. The van der Waals surface area contributed by atoms with Crippen LogP contribution < -0.4 is 5.73 Å². The number of carbonyl (C=O) groups excluding carboxylic acids is 4. The molecule has 0 aliphatic carbocycles. The van der Waals surface area contributed by atoms with E-state index in [2.05, 4.69) is 0 Å². The molecule has 1 aliphatic heterocycles. The zero-order chi connectivity index (χ0) is 35.8. The first-order chi connectivity index (χ1) is 24.0. The van der Waals surface area contributed by atoms with Crippen LogP contribution >= 0.6 is 46.4 Å². The van der Waals surface area contributed by atoms with Crippen LogP contribution in [0.3, 0.4) is 0 Å². The van der Waals surface area contributed by atoms with Crippen LogP contribution in [0, 0.1) is 0 Å². The number of piperazine rings is 1. The van der Waals surface area contributed by atoms with Crippen LogP contribution in [0.4, 0.5) is 0 Å². The lowest BCUT2D eigenvalue weighted by Gasteiger charge is -2.42. The first-order valence-corrected chi connectivity index (χ1v) is 17.6. The Morgan fingerprint density at radius 3 is 1.84 bits per heavy atom. The topological polar surface area (TPSA) is 104 Å². The van der Waals surface area contributed by atoms with Gasteiger partial charge in [-0.2, -0.15) is 0 Å². The van der Waals surface area contributed by atoms with Gasteiger partial charge in [0, 0.05) is 45.6 Å². The average molecular weight is 755 g/mol. The highest BCUT2D eigenvalue weighted by Crippen LogP contribution is 2.30. The molecule has 0 spiro atoms. The maximum atomic E-state index is 14.3. The maximum Gasteiger partial charge on any atom is 0.246 e. The molecule has 0 saturated carbocycles. The van der Waals surface area contributed by atoms with E-state index < -0.39 is 17.9 Å². The predicted molar refractivity (Wildman–Crippen MR) is 198 cm³/mol. The van der Waals surface area contributed by atoms with E-state index in [1.54, 1.807) is 36.4 Å². The summed E-state index contributed by atoms with van der Waals surface area (Å²) in [6.45, 7) is -0.0677. The molecule has 0 aromatic heterocycles. The van der Waals surface area contributed by atoms with E-state index in [1.807, 2.05) is 60.7 Å². The van der Waals surface area contributed by atoms with E-state index in [9.17, 15) is 19.2 Å². The molecule has 0 bridgehead atoms. The van der Waals surface area contributed by atoms with Crippen molar-refractivity contribution < 1.29 is 19.2 Å². The Hall–Kier alpha value is -4.08. The minimum Gasteiger partial charge on any atom is -0.368 e. The summed E-state index contributed by atoms with van der Waals surface area (Å²) in [7, 11) is 0. The van der Waals surface area contributed by atoms with E-state index in [0.29, 0.717) is 32.9 Å². The first-order valence-electron chi connectivity index (χ1n) is 16.1. The zero-order valence-electron chi connectivity index (χ0n) is 27.1. The third kappa shape index (κ3) is 9.58. The monoisotopic (exact) mass is 752 g/mol. The van der Waals surface area contributed by atoms with Crippen molar-refractivity contribution >= 4 is 70.0 Å². The standard InChI is InChI=1S/C38H36Cl4N4O4/c39-29-13-11-27(32(41)19-29)15-17-44(23-35(43)47)36(48)21-34-38(50)45(18-16-28-12-14-30(40)20-33(28)42)24-37(49)46(34)22-31(25-7-3-1-4-8-25)26-9-5-2-6-10-26/h1-14,19-20,31,34H,15-18,21-24H2,(H2,43,47)/t34-/m1/s1. The molecule has 1 heterocycles. The van der Waals surface area contributed by atoms with Gasteiger partial charge < -0.3 is 20.4 Å². The largest absolute Gasteiger partial charge is 0.368 e. The summed E-state index contributed by atoms with van der Waals surface area (Å²) < 4.78 is 0. The van der Waals surface area contributed by atoms with Gasteiger partial charge in [0.1, 0.15) is 6.04 Å². The van der Waals surface area contributed by atoms with Gasteiger partial charge in [0.25, 0.3) is 0 Å². The van der Waals surface area contributed by atoms with Gasteiger partial charge >= 0.3 is 0 Å². The quantitative estimate of drug-likeness (QED) is 0.156. The van der Waals surface area contributed by atoms with Crippen LogP contribution in [0.1, 0.15) is 34.6 Å². The molecular weight excluding hydrogens is 718 g/mol. The molecule has 50 heavy (non-hydrogen) atoms. The van der Waals surface area contributed by atoms with Crippen LogP contribution in [0.25, 0.3) is 0 Å². The lowest BCUT2D eigenvalue weighted by Crippen LogP contribution is -2.62. The Bertz CT molecular complexity index is 1800. The number of benzene rings is 4. The second-order valence-corrected chi connectivity index (χ2v) is 13.8. The number of nitrogens with two attached hydrogens (primary N) is 1. The van der Waals surface area contributed by atoms with Gasteiger partial charge in [0.15, 0.2) is 0 Å². The van der Waals surface area contributed by atoms with Crippen LogP contribution in [0.15, 0.2) is 97.1 Å². The fourth-order valence-corrected chi connectivity index (χ4v) is 7.18. The normalized spacial score (nSPS) is 14.7. The maximum absolute atomic E-state index is 14.3. The van der Waals surface area contributed by atoms with Gasteiger partial charge in [-0.05, 0) is 59.4 Å². The van der Waals surface area contributed by atoms with Crippen molar-refractivity contribution in [1.82, 2.24) is 14.7 Å². The fraction of sp³-hybridized carbons (Fsp3) is 0.263. The van der Waals surface area contributed by atoms with Crippen molar-refractivity contribution in [2.45, 2.75) is 31.2 Å². The third-order valence-electron chi connectivity index (χ3n) is 8.80. The molecule has 1 fully saturated rings. The number of rotatable bonds is 14. The molecule has 1 saturated heterocycles. The molecule has 4 aromatic carbocycles. The van der Waals surface area contributed by atoms with Crippen LogP contribution in [0.2, 0.25) is 20.1 Å². The Balaban J connectivity index is 1.44. The van der Waals surface area contributed by atoms with Crippen molar-refractivity contribution in [3.63, 3.8) is 0 Å². The number of carbonyl (C=O) groups is 4. The Morgan fingerprint density at radius 1 is 0.780 bits per heavy atom. The zero-order valence-corrected chi connectivity index (χ0v) is 30.1. The SMILES string of the molecule is NC(=O)CN(CCc1ccc(Cl)cc1Cl)C(=O)C[C@@H]1C(=O)N(CCc2ccc(Cl)cc2Cl)CC(=O)N1CC(c1ccccc1)c1ccccc1. The van der Waals surface area contributed by atoms with Crippen molar-refractivity contribution in [3.05, 3.63) is 139 Å². The lowest BCUT2D eigenvalue weighted by atomic mass is 9.89. The van der Waals surface area contributed by atoms with E-state index in [1.165, 1.54) is 14.7 Å². The Morgan fingerprint density at radius 2 is 1.32 bits per heavy atom. The second kappa shape index (κ2) is 17.2. The molecule has 5 rings (SSSR count). The van der Waals surface area contributed by atoms with Gasteiger partial charge in [-0.15, -0.1) is 0 Å². The van der Waals surface area contributed by atoms with Crippen molar-refractivity contribution in [3.8, 4) is 0 Å². The molecule has 1 aliphatic rings. The molecule has 260 valence electrons. The Kier molecular flexibility index (Phi) is 12.8. The summed E-state index contributed by atoms with van der Waals surface area (Å²) in [5.41, 5.74) is 8.97. The van der Waals surface area contributed by atoms with E-state index in [-0.39, 0.29) is 56.9 Å². The summed E-state index contributed by atoms with van der Waals surface area (Å²) in [6.07, 6.45) is 0.344. The molecule has 2 N–H and O–H groups in total. The summed E-state index contributed by atoms with van der Waals surface area (Å²) in [5.74, 6) is -2.15. The summed E-state index contributed by atoms with van der Waals surface area (Å²) >= 11 is 24.9. The third-order valence-corrected chi connectivity index (χ3v) is 9.98. The van der Waals surface area contributed by atoms with Gasteiger partial charge in [0.05, 0.1) is 19.5 Å².